The number of nitrogens with zero attached hydrogens (tertiary/aromatic N) is 1. The van der Waals surface area contributed by atoms with E-state index in [1.54, 1.807) is 6.92 Å². The third-order valence-corrected chi connectivity index (χ3v) is 1.51. The molecule has 0 aromatic rings. The second kappa shape index (κ2) is 8.72. The number of quaternary nitrogens is 1. The Hall–Kier alpha value is -0.370. The fourth-order valence-electron chi connectivity index (χ4n) is 0.715. The van der Waals surface area contributed by atoms with Gasteiger partial charge in [0.2, 0.25) is 0 Å². The molecule has 0 fully saturated rings. The van der Waals surface area contributed by atoms with E-state index in [0.29, 0.717) is 6.54 Å². The molecule has 0 N–H and O–H groups in total. The third kappa shape index (κ3) is 12.3. The normalized spacial score (nSPS) is 8.67. The first-order valence-corrected chi connectivity index (χ1v) is 3.29. The molecule has 0 bridgehead atoms. The van der Waals surface area contributed by atoms with Gasteiger partial charge in [0, 0.05) is 6.92 Å². The minimum Gasteiger partial charge on any atom is -0.323 e. The van der Waals surface area contributed by atoms with Gasteiger partial charge in [-0.25, -0.2) is 0 Å². The predicted molar refractivity (Wildman–Crippen MR) is 58.4 cm³/mol. The molecular formula is C10H28NO+. The maximum absolute atomic E-state index is 10.6. The smallest absolute Gasteiger partial charge is 0.183 e. The molecule has 0 aromatic heterocycles. The van der Waals surface area contributed by atoms with Gasteiger partial charge in [-0.05, 0) is 6.92 Å². The van der Waals surface area contributed by atoms with E-state index in [-0.39, 0.29) is 28.1 Å². The fourth-order valence-corrected chi connectivity index (χ4v) is 0.715. The molecule has 0 rings (SSSR count). The van der Waals surface area contributed by atoms with Crippen LogP contribution in [-0.2, 0) is 4.79 Å². The Labute approximate surface area is 79.2 Å². The van der Waals surface area contributed by atoms with Gasteiger partial charge in [-0.15, -0.1) is 0 Å². The van der Waals surface area contributed by atoms with Gasteiger partial charge in [0.25, 0.3) is 0 Å². The molecular weight excluding hydrogens is 150 g/mol. The van der Waals surface area contributed by atoms with Crippen molar-refractivity contribution in [2.75, 3.05) is 27.2 Å². The summed E-state index contributed by atoms with van der Waals surface area (Å²) in [4.78, 5) is 10.6. The van der Waals surface area contributed by atoms with Crippen LogP contribution in [0.4, 0.5) is 0 Å². The Morgan fingerprint density at radius 2 is 1.50 bits per heavy atom. The van der Waals surface area contributed by atoms with E-state index >= 15 is 0 Å². The van der Waals surface area contributed by atoms with Crippen molar-refractivity contribution in [2.45, 2.75) is 36.1 Å². The van der Waals surface area contributed by atoms with Crippen LogP contribution < -0.4 is 0 Å². The lowest BCUT2D eigenvalue weighted by atomic mass is 10.3. The highest BCUT2D eigenvalue weighted by atomic mass is 16.1. The van der Waals surface area contributed by atoms with Gasteiger partial charge >= 0.3 is 0 Å². The zero-order chi connectivity index (χ0) is 7.49. The number of carbonyl (C=O) groups is 1. The van der Waals surface area contributed by atoms with Crippen molar-refractivity contribution in [1.29, 1.82) is 0 Å². The zero-order valence-electron chi connectivity index (χ0n) is 6.77. The highest BCUT2D eigenvalue weighted by Crippen LogP contribution is 1.94. The average Bonchev–Trinajstić information content (AvgIpc) is 1.63. The molecule has 0 amide bonds. The van der Waals surface area contributed by atoms with E-state index in [1.165, 1.54) is 0 Å². The van der Waals surface area contributed by atoms with E-state index < -0.39 is 0 Å². The SMILES string of the molecule is C.C.C.CC[N+](C)(C)CC(C)=O. The number of carbonyl (C=O) groups excluding carboxylic acids is 1. The Balaban J connectivity index is -0.000000107. The summed E-state index contributed by atoms with van der Waals surface area (Å²) in [6, 6.07) is 0. The van der Waals surface area contributed by atoms with Crippen LogP contribution in [0.15, 0.2) is 0 Å². The Bertz CT molecular complexity index is 108. The molecule has 0 atom stereocenters. The van der Waals surface area contributed by atoms with Gasteiger partial charge < -0.3 is 4.48 Å². The van der Waals surface area contributed by atoms with Crippen molar-refractivity contribution in [3.05, 3.63) is 0 Å². The molecule has 0 radical (unpaired) electrons. The Morgan fingerprint density at radius 3 is 1.58 bits per heavy atom. The van der Waals surface area contributed by atoms with Gasteiger partial charge in [0.05, 0.1) is 20.6 Å². The number of likely N-dealkylation sites (N-methyl/N-ethyl adjacent to an activating group) is 1. The lowest BCUT2D eigenvalue weighted by molar-refractivity contribution is -0.880. The first-order valence-electron chi connectivity index (χ1n) is 3.29. The Morgan fingerprint density at radius 1 is 1.17 bits per heavy atom. The fraction of sp³-hybridized carbons (Fsp3) is 0.900. The molecule has 0 aromatic carbocycles. The van der Waals surface area contributed by atoms with Crippen molar-refractivity contribution in [3.8, 4) is 0 Å². The molecule has 0 aliphatic rings. The lowest BCUT2D eigenvalue weighted by Crippen LogP contribution is -2.42. The number of Topliss-reactive ketones (excluding diaryl/α,β-unsaturated/α-hetero) is 1. The van der Waals surface area contributed by atoms with E-state index in [0.717, 1.165) is 11.0 Å². The summed E-state index contributed by atoms with van der Waals surface area (Å²) < 4.78 is 0.801. The van der Waals surface area contributed by atoms with Gasteiger partial charge in [-0.2, -0.15) is 0 Å². The second-order valence-electron chi connectivity index (χ2n) is 3.11. The molecule has 0 aliphatic heterocycles. The van der Waals surface area contributed by atoms with Gasteiger partial charge in [0.15, 0.2) is 5.78 Å². The monoisotopic (exact) mass is 178 g/mol. The minimum atomic E-state index is 0. The summed E-state index contributed by atoms with van der Waals surface area (Å²) in [7, 11) is 4.11. The summed E-state index contributed by atoms with van der Waals surface area (Å²) in [5, 5.41) is 0. The van der Waals surface area contributed by atoms with E-state index in [2.05, 4.69) is 21.0 Å². The molecule has 0 unspecified atom stereocenters. The first-order chi connectivity index (χ1) is 3.98. The van der Waals surface area contributed by atoms with Gasteiger partial charge in [-0.3, -0.25) is 4.79 Å². The molecule has 12 heavy (non-hydrogen) atoms. The van der Waals surface area contributed by atoms with Crippen LogP contribution in [0.5, 0.6) is 0 Å². The first kappa shape index (κ1) is 22.6. The molecule has 0 aliphatic carbocycles. The summed E-state index contributed by atoms with van der Waals surface area (Å²) >= 11 is 0. The Kier molecular flexibility index (Phi) is 16.4. The van der Waals surface area contributed by atoms with Crippen LogP contribution in [0.2, 0.25) is 0 Å². The predicted octanol–water partition coefficient (Wildman–Crippen LogP) is 2.58. The lowest BCUT2D eigenvalue weighted by Gasteiger charge is -2.26. The molecule has 2 nitrogen and oxygen atoms in total. The minimum absolute atomic E-state index is 0. The van der Waals surface area contributed by atoms with Crippen molar-refractivity contribution >= 4 is 5.78 Å². The number of rotatable bonds is 3. The topological polar surface area (TPSA) is 17.1 Å². The van der Waals surface area contributed by atoms with Gasteiger partial charge in [0.1, 0.15) is 6.54 Å². The molecule has 0 saturated carbocycles. The van der Waals surface area contributed by atoms with Crippen LogP contribution >= 0.6 is 0 Å². The van der Waals surface area contributed by atoms with Crippen LogP contribution in [0.3, 0.4) is 0 Å². The van der Waals surface area contributed by atoms with Crippen LogP contribution in [-0.4, -0.2) is 37.5 Å². The highest BCUT2D eigenvalue weighted by Gasteiger charge is 2.13. The second-order valence-corrected chi connectivity index (χ2v) is 3.11. The van der Waals surface area contributed by atoms with Crippen LogP contribution in [0, 0.1) is 0 Å². The van der Waals surface area contributed by atoms with Crippen molar-refractivity contribution < 1.29 is 9.28 Å². The summed E-state index contributed by atoms with van der Waals surface area (Å²) in [6.45, 7) is 5.38. The van der Waals surface area contributed by atoms with Crippen molar-refractivity contribution in [1.82, 2.24) is 0 Å². The maximum Gasteiger partial charge on any atom is 0.183 e. The average molecular weight is 178 g/mol. The molecule has 78 valence electrons. The van der Waals surface area contributed by atoms with E-state index in [9.17, 15) is 4.79 Å². The largest absolute Gasteiger partial charge is 0.323 e. The van der Waals surface area contributed by atoms with Crippen LogP contribution in [0.1, 0.15) is 36.1 Å². The summed E-state index contributed by atoms with van der Waals surface area (Å²) in [5.74, 6) is 0.266. The quantitative estimate of drug-likeness (QED) is 0.607. The summed E-state index contributed by atoms with van der Waals surface area (Å²) in [6.07, 6.45) is 0. The molecule has 0 spiro atoms. The standard InChI is InChI=1S/C7H16NO.3CH4/c1-5-8(3,4)6-7(2)9;;;/h5-6H2,1-4H3;3*1H4/q+1;;;. The van der Waals surface area contributed by atoms with Crippen molar-refractivity contribution in [2.24, 2.45) is 0 Å². The third-order valence-electron chi connectivity index (χ3n) is 1.51. The van der Waals surface area contributed by atoms with Gasteiger partial charge in [-0.1, -0.05) is 22.3 Å². The zero-order valence-corrected chi connectivity index (χ0v) is 6.77. The van der Waals surface area contributed by atoms with Crippen molar-refractivity contribution in [3.63, 3.8) is 0 Å². The molecule has 0 saturated heterocycles. The number of ketones is 1. The summed E-state index contributed by atoms with van der Waals surface area (Å²) in [5.41, 5.74) is 0. The van der Waals surface area contributed by atoms with Crippen LogP contribution in [0.25, 0.3) is 0 Å². The molecule has 0 heterocycles. The maximum atomic E-state index is 10.6. The number of hydrogen-bond donors (Lipinski definition) is 0. The van der Waals surface area contributed by atoms with E-state index in [4.69, 9.17) is 0 Å². The highest BCUT2D eigenvalue weighted by molar-refractivity contribution is 5.76. The van der Waals surface area contributed by atoms with E-state index in [1.807, 2.05) is 0 Å². The molecule has 2 heteroatoms. The number of hydrogen-bond acceptors (Lipinski definition) is 1.